The predicted octanol–water partition coefficient (Wildman–Crippen LogP) is 4.18. The van der Waals surface area contributed by atoms with Gasteiger partial charge in [0.05, 0.1) is 13.2 Å². The molecule has 20 heavy (non-hydrogen) atoms. The summed E-state index contributed by atoms with van der Waals surface area (Å²) in [4.78, 5) is 0. The van der Waals surface area contributed by atoms with E-state index in [1.165, 1.54) is 5.56 Å². The van der Waals surface area contributed by atoms with Crippen LogP contribution in [0.4, 0.5) is 0 Å². The Bertz CT molecular complexity index is 391. The van der Waals surface area contributed by atoms with E-state index in [0.717, 1.165) is 24.5 Å². The van der Waals surface area contributed by atoms with E-state index in [0.29, 0.717) is 25.2 Å². The number of rotatable bonds is 9. The van der Waals surface area contributed by atoms with Gasteiger partial charge in [0.15, 0.2) is 11.5 Å². The lowest BCUT2D eigenvalue weighted by molar-refractivity contribution is 0.286. The molecule has 1 atom stereocenters. The van der Waals surface area contributed by atoms with Crippen LogP contribution in [0.3, 0.4) is 0 Å². The number of hydrogen-bond acceptors (Lipinski definition) is 3. The van der Waals surface area contributed by atoms with Crippen molar-refractivity contribution in [1.29, 1.82) is 0 Å². The second kappa shape index (κ2) is 8.85. The van der Waals surface area contributed by atoms with Crippen molar-refractivity contribution >= 4 is 0 Å². The van der Waals surface area contributed by atoms with E-state index < -0.39 is 0 Å². The highest BCUT2D eigenvalue weighted by atomic mass is 16.5. The van der Waals surface area contributed by atoms with E-state index >= 15 is 0 Å². The molecule has 0 bridgehead atoms. The summed E-state index contributed by atoms with van der Waals surface area (Å²) in [6, 6.07) is 6.63. The minimum absolute atomic E-state index is 0.352. The van der Waals surface area contributed by atoms with Crippen LogP contribution in [0.15, 0.2) is 18.2 Å². The van der Waals surface area contributed by atoms with Crippen LogP contribution in [-0.2, 0) is 0 Å². The summed E-state index contributed by atoms with van der Waals surface area (Å²) in [5.41, 5.74) is 1.26. The minimum atomic E-state index is 0.352. The maximum absolute atomic E-state index is 5.71. The molecular weight excluding hydrogens is 250 g/mol. The van der Waals surface area contributed by atoms with Crippen LogP contribution in [0, 0.1) is 5.92 Å². The average molecular weight is 279 g/mol. The Morgan fingerprint density at radius 2 is 1.65 bits per heavy atom. The normalized spacial score (nSPS) is 12.5. The lowest BCUT2D eigenvalue weighted by Crippen LogP contribution is -2.26. The van der Waals surface area contributed by atoms with Gasteiger partial charge >= 0.3 is 0 Å². The van der Waals surface area contributed by atoms with Gasteiger partial charge in [-0.25, -0.2) is 0 Å². The molecule has 0 amide bonds. The van der Waals surface area contributed by atoms with E-state index in [-0.39, 0.29) is 0 Å². The van der Waals surface area contributed by atoms with Gasteiger partial charge in [0.1, 0.15) is 0 Å². The first kappa shape index (κ1) is 16.8. The van der Waals surface area contributed by atoms with Gasteiger partial charge in [0.2, 0.25) is 0 Å². The van der Waals surface area contributed by atoms with Crippen molar-refractivity contribution < 1.29 is 9.47 Å². The van der Waals surface area contributed by atoms with Crippen molar-refractivity contribution in [3.8, 4) is 11.5 Å². The van der Waals surface area contributed by atoms with Crippen molar-refractivity contribution in [2.24, 2.45) is 5.92 Å². The minimum Gasteiger partial charge on any atom is -0.490 e. The zero-order valence-corrected chi connectivity index (χ0v) is 13.5. The summed E-state index contributed by atoms with van der Waals surface area (Å²) >= 11 is 0. The van der Waals surface area contributed by atoms with Crippen LogP contribution < -0.4 is 14.8 Å². The highest BCUT2D eigenvalue weighted by Crippen LogP contribution is 2.32. The number of benzene rings is 1. The van der Waals surface area contributed by atoms with Gasteiger partial charge in [-0.1, -0.05) is 26.8 Å². The smallest absolute Gasteiger partial charge is 0.161 e. The Labute approximate surface area is 123 Å². The monoisotopic (exact) mass is 279 g/mol. The molecule has 1 rings (SSSR count). The van der Waals surface area contributed by atoms with E-state index in [9.17, 15) is 0 Å². The lowest BCUT2D eigenvalue weighted by Gasteiger charge is -2.24. The standard InChI is InChI=1S/C17H29NO2/c1-6-11-18-17(13(4)5)14-9-10-15(19-7-2)16(12-14)20-8-3/h9-10,12-13,17-18H,6-8,11H2,1-5H3. The fraction of sp³-hybridized carbons (Fsp3) is 0.647. The van der Waals surface area contributed by atoms with Crippen LogP contribution in [0.25, 0.3) is 0 Å². The molecule has 1 aromatic rings. The molecule has 0 aliphatic rings. The molecule has 0 spiro atoms. The summed E-state index contributed by atoms with van der Waals surface area (Å²) in [5.74, 6) is 2.21. The van der Waals surface area contributed by atoms with Crippen molar-refractivity contribution in [3.05, 3.63) is 23.8 Å². The third kappa shape index (κ3) is 4.71. The van der Waals surface area contributed by atoms with Crippen LogP contribution in [0.1, 0.15) is 52.6 Å². The quantitative estimate of drug-likeness (QED) is 0.735. The third-order valence-corrected chi connectivity index (χ3v) is 3.21. The summed E-state index contributed by atoms with van der Waals surface area (Å²) < 4.78 is 11.3. The third-order valence-electron chi connectivity index (χ3n) is 3.21. The topological polar surface area (TPSA) is 30.5 Å². The van der Waals surface area contributed by atoms with Crippen LogP contribution >= 0.6 is 0 Å². The number of ether oxygens (including phenoxy) is 2. The van der Waals surface area contributed by atoms with Crippen molar-refractivity contribution in [2.45, 2.75) is 47.1 Å². The molecule has 3 heteroatoms. The Balaban J connectivity index is 3.00. The summed E-state index contributed by atoms with van der Waals surface area (Å²) in [7, 11) is 0. The molecule has 3 nitrogen and oxygen atoms in total. The summed E-state index contributed by atoms with van der Waals surface area (Å²) in [5, 5.41) is 3.61. The number of nitrogens with one attached hydrogen (secondary N) is 1. The highest BCUT2D eigenvalue weighted by Gasteiger charge is 2.17. The highest BCUT2D eigenvalue weighted by molar-refractivity contribution is 5.44. The summed E-state index contributed by atoms with van der Waals surface area (Å²) in [6.07, 6.45) is 1.14. The van der Waals surface area contributed by atoms with Gasteiger partial charge in [-0.3, -0.25) is 0 Å². The van der Waals surface area contributed by atoms with Gasteiger partial charge in [0, 0.05) is 6.04 Å². The molecule has 114 valence electrons. The Morgan fingerprint density at radius 3 is 2.20 bits per heavy atom. The van der Waals surface area contributed by atoms with Crippen molar-refractivity contribution in [2.75, 3.05) is 19.8 Å². The molecule has 0 fully saturated rings. The maximum Gasteiger partial charge on any atom is 0.161 e. The molecule has 0 saturated carbocycles. The first-order chi connectivity index (χ1) is 9.63. The first-order valence-corrected chi connectivity index (χ1v) is 7.76. The molecule has 1 aromatic carbocycles. The second-order valence-electron chi connectivity index (χ2n) is 5.25. The molecule has 0 heterocycles. The van der Waals surface area contributed by atoms with Crippen LogP contribution in [-0.4, -0.2) is 19.8 Å². The van der Waals surface area contributed by atoms with E-state index in [1.54, 1.807) is 0 Å². The Morgan fingerprint density at radius 1 is 1.00 bits per heavy atom. The molecule has 0 saturated heterocycles. The molecule has 1 unspecified atom stereocenters. The fourth-order valence-corrected chi connectivity index (χ4v) is 2.30. The molecule has 0 aliphatic carbocycles. The van der Waals surface area contributed by atoms with Crippen molar-refractivity contribution in [1.82, 2.24) is 5.32 Å². The zero-order valence-electron chi connectivity index (χ0n) is 13.5. The number of hydrogen-bond donors (Lipinski definition) is 1. The summed E-state index contributed by atoms with van der Waals surface area (Å²) in [6.45, 7) is 13.0. The van der Waals surface area contributed by atoms with E-state index in [1.807, 2.05) is 19.9 Å². The molecule has 0 aromatic heterocycles. The van der Waals surface area contributed by atoms with Gasteiger partial charge in [-0.15, -0.1) is 0 Å². The van der Waals surface area contributed by atoms with Crippen LogP contribution in [0.5, 0.6) is 11.5 Å². The molecule has 0 aliphatic heterocycles. The van der Waals surface area contributed by atoms with Crippen molar-refractivity contribution in [3.63, 3.8) is 0 Å². The average Bonchev–Trinajstić information content (AvgIpc) is 2.42. The van der Waals surface area contributed by atoms with E-state index in [2.05, 4.69) is 38.2 Å². The molecule has 0 radical (unpaired) electrons. The largest absolute Gasteiger partial charge is 0.490 e. The fourth-order valence-electron chi connectivity index (χ4n) is 2.30. The maximum atomic E-state index is 5.71. The SMILES string of the molecule is CCCNC(c1ccc(OCC)c(OCC)c1)C(C)C. The Kier molecular flexibility index (Phi) is 7.45. The lowest BCUT2D eigenvalue weighted by atomic mass is 9.95. The molecular formula is C17H29NO2. The second-order valence-corrected chi connectivity index (χ2v) is 5.25. The molecule has 1 N–H and O–H groups in total. The predicted molar refractivity (Wildman–Crippen MR) is 84.7 cm³/mol. The van der Waals surface area contributed by atoms with Gasteiger partial charge in [0.25, 0.3) is 0 Å². The van der Waals surface area contributed by atoms with Gasteiger partial charge < -0.3 is 14.8 Å². The van der Waals surface area contributed by atoms with E-state index in [4.69, 9.17) is 9.47 Å². The van der Waals surface area contributed by atoms with Crippen LogP contribution in [0.2, 0.25) is 0 Å². The zero-order chi connectivity index (χ0) is 15.0. The Hall–Kier alpha value is -1.22. The first-order valence-electron chi connectivity index (χ1n) is 7.76. The van der Waals surface area contributed by atoms with Gasteiger partial charge in [-0.05, 0) is 50.4 Å². The van der Waals surface area contributed by atoms with Gasteiger partial charge in [-0.2, -0.15) is 0 Å².